The number of ether oxygens (including phenoxy) is 3. The first-order valence-corrected chi connectivity index (χ1v) is 25.8. The van der Waals surface area contributed by atoms with Crippen molar-refractivity contribution in [1.82, 2.24) is 14.9 Å². The van der Waals surface area contributed by atoms with Crippen LogP contribution in [0.15, 0.2) is 53.9 Å². The molecule has 2 aromatic heterocycles. The molecule has 4 heterocycles. The summed E-state index contributed by atoms with van der Waals surface area (Å²) in [5.74, 6) is -0.405. The van der Waals surface area contributed by atoms with Gasteiger partial charge in [-0.05, 0) is 94.9 Å². The van der Waals surface area contributed by atoms with Crippen molar-refractivity contribution in [2.75, 3.05) is 19.0 Å². The largest absolute Gasteiger partial charge is 0.497 e. The Bertz CT molecular complexity index is 2350. The molecule has 63 heavy (non-hydrogen) atoms. The number of esters is 1. The van der Waals surface area contributed by atoms with Gasteiger partial charge in [0.25, 0.3) is 0 Å². The SMILES string of the molecule is COc1ccc2c(O[C@@H]3C[C@H]4C(=O)C[C@]5(P(=O)(O)Cc6ccccc6C)C[C@H]5CCCCCCC[C@H](CC(=O)OC5CCCC5)C(=O)N4C3)cc(-c3csc(NC(C)C)n3)nc2c1. The van der Waals surface area contributed by atoms with E-state index in [1.165, 1.54) is 11.3 Å². The van der Waals surface area contributed by atoms with Gasteiger partial charge in [-0.1, -0.05) is 56.4 Å². The van der Waals surface area contributed by atoms with Crippen LogP contribution in [0.1, 0.15) is 121 Å². The van der Waals surface area contributed by atoms with Crippen molar-refractivity contribution in [2.24, 2.45) is 11.8 Å². The number of nitrogens with one attached hydrogen (secondary N) is 1. The highest BCUT2D eigenvalue weighted by Gasteiger charge is 2.65. The van der Waals surface area contributed by atoms with E-state index in [1.54, 1.807) is 12.0 Å². The zero-order valence-electron chi connectivity index (χ0n) is 37.2. The predicted octanol–water partition coefficient (Wildman–Crippen LogP) is 10.3. The molecule has 0 bridgehead atoms. The molecule has 4 fully saturated rings. The maximum Gasteiger partial charge on any atom is 0.306 e. The number of nitrogens with zero attached hydrogens (tertiary/aromatic N) is 3. The molecule has 4 aliphatic rings. The summed E-state index contributed by atoms with van der Waals surface area (Å²) in [6, 6.07) is 14.4. The van der Waals surface area contributed by atoms with Gasteiger partial charge in [0.15, 0.2) is 10.9 Å². The molecule has 338 valence electrons. The van der Waals surface area contributed by atoms with Crippen molar-refractivity contribution in [3.63, 3.8) is 0 Å². The van der Waals surface area contributed by atoms with Crippen LogP contribution in [0.25, 0.3) is 22.3 Å². The number of carbonyl (C=O) groups is 3. The number of fused-ring (bicyclic) bond motifs is 3. The standard InChI is InChI=1S/C49H63N4O8PS/c1-31(2)50-48-52-42(30-63-48)41-25-45(39-21-20-37(59-4)23-40(39)51-41)60-38-24-43-44(54)27-49(62(57,58)29-34-16-11-10-14-32(34)3)26-35(49)17-9-7-5-6-8-15-33(47(56)53(43)28-38)22-46(55)61-36-18-12-13-19-36/h10-11,14,16,20-21,23,25,30-31,33,35-36,38,43H,5-9,12-13,15,17-19,22,24,26-29H2,1-4H3,(H,50,52)(H,57,58)/t33-,35-,38-,43+,49-/m1/s1. The third-order valence-corrected chi connectivity index (χ3v) is 17.5. The minimum atomic E-state index is -3.91. The fraction of sp³-hybridized carbons (Fsp3) is 0.571. The number of Topliss-reactive ketones (excluding diaryl/α,β-unsaturated/α-hetero) is 1. The lowest BCUT2D eigenvalue weighted by Crippen LogP contribution is -2.45. The summed E-state index contributed by atoms with van der Waals surface area (Å²) in [4.78, 5) is 67.0. The van der Waals surface area contributed by atoms with Crippen LogP contribution in [0.3, 0.4) is 0 Å². The van der Waals surface area contributed by atoms with Gasteiger partial charge >= 0.3 is 5.97 Å². The minimum Gasteiger partial charge on any atom is -0.497 e. The molecule has 0 radical (unpaired) electrons. The number of thiazole rings is 1. The average Bonchev–Trinajstić information content (AvgIpc) is 3.66. The van der Waals surface area contributed by atoms with Gasteiger partial charge in [-0.15, -0.1) is 11.3 Å². The zero-order valence-corrected chi connectivity index (χ0v) is 38.9. The third-order valence-electron chi connectivity index (χ3n) is 13.9. The van der Waals surface area contributed by atoms with Gasteiger partial charge < -0.3 is 29.3 Å². The van der Waals surface area contributed by atoms with Gasteiger partial charge in [0, 0.05) is 47.7 Å². The van der Waals surface area contributed by atoms with Crippen LogP contribution in [0.5, 0.6) is 11.5 Å². The maximum atomic E-state index is 15.0. The van der Waals surface area contributed by atoms with Gasteiger partial charge in [0.1, 0.15) is 29.4 Å². The summed E-state index contributed by atoms with van der Waals surface area (Å²) < 4.78 is 33.1. The Balaban J connectivity index is 1.13. The molecule has 2 aliphatic heterocycles. The number of methoxy groups -OCH3 is 1. The summed E-state index contributed by atoms with van der Waals surface area (Å²) in [5, 5.41) is 5.76. The number of amides is 1. The van der Waals surface area contributed by atoms with E-state index >= 15 is 4.79 Å². The van der Waals surface area contributed by atoms with Crippen molar-refractivity contribution in [3.8, 4) is 22.9 Å². The van der Waals surface area contributed by atoms with Crippen molar-refractivity contribution in [1.29, 1.82) is 0 Å². The molecule has 8 rings (SSSR count). The van der Waals surface area contributed by atoms with Crippen LogP contribution < -0.4 is 14.8 Å². The van der Waals surface area contributed by atoms with Gasteiger partial charge in [-0.2, -0.15) is 0 Å². The second-order valence-corrected chi connectivity index (χ2v) is 22.3. The Morgan fingerprint density at radius 1 is 0.968 bits per heavy atom. The van der Waals surface area contributed by atoms with Crippen LogP contribution in [0, 0.1) is 18.8 Å². The molecule has 1 unspecified atom stereocenters. The summed E-state index contributed by atoms with van der Waals surface area (Å²) in [5.41, 5.74) is 3.69. The lowest BCUT2D eigenvalue weighted by Gasteiger charge is -2.30. The van der Waals surface area contributed by atoms with Gasteiger partial charge in [-0.25, -0.2) is 9.97 Å². The summed E-state index contributed by atoms with van der Waals surface area (Å²) in [6.45, 7) is 6.18. The number of ketones is 1. The second-order valence-electron chi connectivity index (χ2n) is 18.8. The van der Waals surface area contributed by atoms with E-state index in [1.807, 2.05) is 60.8 Å². The monoisotopic (exact) mass is 898 g/mol. The lowest BCUT2D eigenvalue weighted by atomic mass is 9.94. The number of pyridine rings is 1. The Labute approximate surface area is 375 Å². The Kier molecular flexibility index (Phi) is 14.0. The van der Waals surface area contributed by atoms with E-state index in [4.69, 9.17) is 24.2 Å². The molecule has 6 atom stereocenters. The first kappa shape index (κ1) is 45.3. The van der Waals surface area contributed by atoms with E-state index in [0.717, 1.165) is 85.9 Å². The number of aromatic nitrogens is 2. The summed E-state index contributed by atoms with van der Waals surface area (Å²) >= 11 is 1.49. The number of hydrogen-bond donors (Lipinski definition) is 2. The normalized spacial score (nSPS) is 25.8. The van der Waals surface area contributed by atoms with Crippen LogP contribution in [-0.2, 0) is 29.8 Å². The number of hydrogen-bond acceptors (Lipinski definition) is 11. The van der Waals surface area contributed by atoms with Gasteiger partial charge in [0.2, 0.25) is 13.3 Å². The Morgan fingerprint density at radius 2 is 1.71 bits per heavy atom. The van der Waals surface area contributed by atoms with Gasteiger partial charge in [-0.3, -0.25) is 18.9 Å². The van der Waals surface area contributed by atoms with Crippen molar-refractivity contribution in [3.05, 3.63) is 65.0 Å². The number of aryl methyl sites for hydroxylation is 1. The lowest BCUT2D eigenvalue weighted by molar-refractivity contribution is -0.154. The quantitative estimate of drug-likeness (QED) is 0.103. The Morgan fingerprint density at radius 3 is 2.48 bits per heavy atom. The van der Waals surface area contributed by atoms with Crippen LogP contribution >= 0.6 is 18.7 Å². The highest BCUT2D eigenvalue weighted by atomic mass is 32.1. The molecule has 2 saturated carbocycles. The van der Waals surface area contributed by atoms with E-state index in [0.29, 0.717) is 41.2 Å². The number of anilines is 1. The van der Waals surface area contributed by atoms with Gasteiger partial charge in [0.05, 0.1) is 48.6 Å². The van der Waals surface area contributed by atoms with Crippen LogP contribution in [0.4, 0.5) is 5.13 Å². The van der Waals surface area contributed by atoms with E-state index < -0.39 is 30.6 Å². The molecular formula is C49H63N4O8PS. The minimum absolute atomic E-state index is 0.00390. The molecule has 4 aromatic rings. The highest BCUT2D eigenvalue weighted by molar-refractivity contribution is 7.59. The molecule has 12 nitrogen and oxygen atoms in total. The fourth-order valence-electron chi connectivity index (χ4n) is 10.3. The molecule has 1 amide bonds. The molecule has 2 saturated heterocycles. The molecule has 2 aromatic carbocycles. The zero-order chi connectivity index (χ0) is 44.3. The molecule has 2 N–H and O–H groups in total. The van der Waals surface area contributed by atoms with E-state index in [-0.39, 0.29) is 67.7 Å². The first-order chi connectivity index (χ1) is 30.3. The second kappa shape index (κ2) is 19.4. The van der Waals surface area contributed by atoms with E-state index in [2.05, 4.69) is 19.2 Å². The summed E-state index contributed by atoms with van der Waals surface area (Å²) in [7, 11) is -2.31. The third kappa shape index (κ3) is 10.3. The molecular weight excluding hydrogens is 836 g/mol. The number of benzene rings is 2. The van der Waals surface area contributed by atoms with Crippen LogP contribution in [0.2, 0.25) is 0 Å². The fourth-order valence-corrected chi connectivity index (χ4v) is 13.8. The molecule has 14 heteroatoms. The van der Waals surface area contributed by atoms with E-state index in [9.17, 15) is 19.0 Å². The topological polar surface area (TPSA) is 157 Å². The smallest absolute Gasteiger partial charge is 0.306 e. The van der Waals surface area contributed by atoms with Crippen molar-refractivity contribution in [2.45, 2.75) is 153 Å². The first-order valence-electron chi connectivity index (χ1n) is 23.1. The van der Waals surface area contributed by atoms with Crippen molar-refractivity contribution < 1.29 is 38.1 Å². The molecule has 0 spiro atoms. The van der Waals surface area contributed by atoms with Crippen molar-refractivity contribution >= 4 is 52.4 Å². The summed E-state index contributed by atoms with van der Waals surface area (Å²) in [6.07, 6.45) is 9.42. The number of rotatable bonds is 12. The predicted molar refractivity (Wildman–Crippen MR) is 247 cm³/mol. The molecule has 2 aliphatic carbocycles. The number of carbonyl (C=O) groups excluding carboxylic acids is 3. The Hall–Kier alpha value is -4.32. The maximum absolute atomic E-state index is 15.0. The average molecular weight is 899 g/mol. The highest BCUT2D eigenvalue weighted by Crippen LogP contribution is 2.75. The van der Waals surface area contributed by atoms with Crippen LogP contribution in [-0.4, -0.2) is 80.5 Å².